The third kappa shape index (κ3) is 1.75. The Morgan fingerprint density at radius 1 is 1.11 bits per heavy atom. The minimum Gasteiger partial charge on any atom is -0.463 e. The van der Waals surface area contributed by atoms with Crippen LogP contribution >= 0.6 is 0 Å². The van der Waals surface area contributed by atoms with Crippen molar-refractivity contribution >= 4 is 5.65 Å². The van der Waals surface area contributed by atoms with Crippen LogP contribution in [0.1, 0.15) is 5.56 Å². The smallest absolute Gasteiger partial charge is 0.417 e. The molecule has 0 amide bonds. The molecule has 0 fully saturated rings. The Balaban J connectivity index is 2.13. The van der Waals surface area contributed by atoms with Crippen LogP contribution in [0.5, 0.6) is 0 Å². The number of aromatic nitrogens is 2. The molecule has 0 aromatic carbocycles. The second-order valence-corrected chi connectivity index (χ2v) is 3.78. The molecular weight excluding hydrogens is 245 g/mol. The standard InChI is InChI=1S/C12H7F3N2O/c13-12(14,15)8-3-4-11-16-9(7-17(11)6-8)10-2-1-5-18-10/h1-7H. The van der Waals surface area contributed by atoms with Crippen LogP contribution in [0.15, 0.2) is 47.3 Å². The molecular formula is C12H7F3N2O. The van der Waals surface area contributed by atoms with Gasteiger partial charge in [-0.05, 0) is 24.3 Å². The third-order valence-electron chi connectivity index (χ3n) is 2.55. The van der Waals surface area contributed by atoms with Gasteiger partial charge in [-0.2, -0.15) is 13.2 Å². The van der Waals surface area contributed by atoms with Crippen LogP contribution in [0.2, 0.25) is 0 Å². The average molecular weight is 252 g/mol. The summed E-state index contributed by atoms with van der Waals surface area (Å²) in [4.78, 5) is 4.18. The summed E-state index contributed by atoms with van der Waals surface area (Å²) < 4.78 is 44.1. The summed E-state index contributed by atoms with van der Waals surface area (Å²) >= 11 is 0. The zero-order chi connectivity index (χ0) is 12.8. The second-order valence-electron chi connectivity index (χ2n) is 3.78. The van der Waals surface area contributed by atoms with E-state index in [0.29, 0.717) is 17.1 Å². The normalized spacial score (nSPS) is 12.2. The maximum atomic E-state index is 12.5. The van der Waals surface area contributed by atoms with Crippen molar-refractivity contribution in [3.8, 4) is 11.5 Å². The summed E-state index contributed by atoms with van der Waals surface area (Å²) in [5.41, 5.74) is 0.229. The first-order valence-electron chi connectivity index (χ1n) is 5.14. The number of pyridine rings is 1. The summed E-state index contributed by atoms with van der Waals surface area (Å²) in [5, 5.41) is 0. The van der Waals surface area contributed by atoms with Gasteiger partial charge in [0.2, 0.25) is 0 Å². The molecule has 0 aliphatic rings. The molecule has 3 rings (SSSR count). The highest BCUT2D eigenvalue weighted by Gasteiger charge is 2.30. The Kier molecular flexibility index (Phi) is 2.19. The molecule has 3 heterocycles. The van der Waals surface area contributed by atoms with Gasteiger partial charge in [0.1, 0.15) is 11.3 Å². The van der Waals surface area contributed by atoms with Gasteiger partial charge in [0.15, 0.2) is 5.76 Å². The predicted octanol–water partition coefficient (Wildman–Crippen LogP) is 3.61. The van der Waals surface area contributed by atoms with Crippen LogP contribution in [0.3, 0.4) is 0 Å². The molecule has 3 aromatic rings. The minimum atomic E-state index is -4.36. The molecule has 0 saturated heterocycles. The lowest BCUT2D eigenvalue weighted by Gasteiger charge is -2.05. The van der Waals surface area contributed by atoms with Gasteiger partial charge in [0, 0.05) is 12.4 Å². The summed E-state index contributed by atoms with van der Waals surface area (Å²) in [7, 11) is 0. The first-order valence-corrected chi connectivity index (χ1v) is 5.14. The summed E-state index contributed by atoms with van der Waals surface area (Å²) in [5.74, 6) is 0.521. The van der Waals surface area contributed by atoms with E-state index in [9.17, 15) is 13.2 Å². The molecule has 0 aliphatic carbocycles. The third-order valence-corrected chi connectivity index (χ3v) is 2.55. The SMILES string of the molecule is FC(F)(F)c1ccc2nc(-c3ccco3)cn2c1. The molecule has 0 radical (unpaired) electrons. The highest BCUT2D eigenvalue weighted by atomic mass is 19.4. The predicted molar refractivity (Wildman–Crippen MR) is 57.9 cm³/mol. The van der Waals surface area contributed by atoms with Gasteiger partial charge in [0.25, 0.3) is 0 Å². The zero-order valence-corrected chi connectivity index (χ0v) is 8.98. The number of fused-ring (bicyclic) bond motifs is 1. The largest absolute Gasteiger partial charge is 0.463 e. The number of hydrogen-bond acceptors (Lipinski definition) is 2. The van der Waals surface area contributed by atoms with Gasteiger partial charge in [-0.1, -0.05) is 0 Å². The number of nitrogens with zero attached hydrogens (tertiary/aromatic N) is 2. The number of hydrogen-bond donors (Lipinski definition) is 0. The topological polar surface area (TPSA) is 30.4 Å². The Hall–Kier alpha value is -2.24. The van der Waals surface area contributed by atoms with E-state index in [-0.39, 0.29) is 0 Å². The summed E-state index contributed by atoms with van der Waals surface area (Å²) in [6.07, 6.45) is -0.359. The van der Waals surface area contributed by atoms with Crippen LogP contribution in [0, 0.1) is 0 Å². The molecule has 6 heteroatoms. The highest BCUT2D eigenvalue weighted by Crippen LogP contribution is 2.29. The lowest BCUT2D eigenvalue weighted by molar-refractivity contribution is -0.137. The number of halogens is 3. The molecule has 3 nitrogen and oxygen atoms in total. The van der Waals surface area contributed by atoms with Gasteiger partial charge in [0.05, 0.1) is 11.8 Å². The van der Waals surface area contributed by atoms with Gasteiger partial charge in [-0.3, -0.25) is 0 Å². The number of imidazole rings is 1. The quantitative estimate of drug-likeness (QED) is 0.662. The number of furan rings is 1. The van der Waals surface area contributed by atoms with E-state index in [0.717, 1.165) is 12.3 Å². The van der Waals surface area contributed by atoms with Gasteiger partial charge < -0.3 is 8.82 Å². The Labute approximate surface area is 99.5 Å². The van der Waals surface area contributed by atoms with E-state index >= 15 is 0 Å². The average Bonchev–Trinajstić information content (AvgIpc) is 2.95. The molecule has 18 heavy (non-hydrogen) atoms. The van der Waals surface area contributed by atoms with E-state index in [1.807, 2.05) is 0 Å². The Morgan fingerprint density at radius 3 is 2.61 bits per heavy atom. The molecule has 0 atom stereocenters. The fourth-order valence-corrected chi connectivity index (χ4v) is 1.70. The van der Waals surface area contributed by atoms with Crippen molar-refractivity contribution in [3.63, 3.8) is 0 Å². The first kappa shape index (κ1) is 10.9. The van der Waals surface area contributed by atoms with Crippen molar-refractivity contribution in [1.82, 2.24) is 9.38 Å². The van der Waals surface area contributed by atoms with Crippen LogP contribution in [0.25, 0.3) is 17.1 Å². The van der Waals surface area contributed by atoms with E-state index in [2.05, 4.69) is 4.98 Å². The Morgan fingerprint density at radius 2 is 1.94 bits per heavy atom. The van der Waals surface area contributed by atoms with E-state index in [1.54, 1.807) is 12.1 Å². The van der Waals surface area contributed by atoms with Crippen LogP contribution in [-0.4, -0.2) is 9.38 Å². The van der Waals surface area contributed by atoms with Gasteiger partial charge in [-0.25, -0.2) is 4.98 Å². The maximum Gasteiger partial charge on any atom is 0.417 e. The van der Waals surface area contributed by atoms with Crippen LogP contribution < -0.4 is 0 Å². The minimum absolute atomic E-state index is 0.439. The molecule has 3 aromatic heterocycles. The van der Waals surface area contributed by atoms with E-state index in [1.165, 1.54) is 22.9 Å². The van der Waals surface area contributed by atoms with E-state index in [4.69, 9.17) is 4.42 Å². The molecule has 0 N–H and O–H groups in total. The van der Waals surface area contributed by atoms with Crippen molar-refractivity contribution in [2.45, 2.75) is 6.18 Å². The Bertz CT molecular complexity index is 683. The fraction of sp³-hybridized carbons (Fsp3) is 0.0833. The molecule has 92 valence electrons. The van der Waals surface area contributed by atoms with Crippen LogP contribution in [-0.2, 0) is 6.18 Å². The summed E-state index contributed by atoms with van der Waals surface area (Å²) in [6.45, 7) is 0. The molecule has 0 spiro atoms. The number of alkyl halides is 3. The first-order chi connectivity index (χ1) is 8.54. The van der Waals surface area contributed by atoms with Crippen molar-refractivity contribution in [2.75, 3.05) is 0 Å². The number of rotatable bonds is 1. The van der Waals surface area contributed by atoms with Gasteiger partial charge >= 0.3 is 6.18 Å². The van der Waals surface area contributed by atoms with Crippen molar-refractivity contribution in [2.24, 2.45) is 0 Å². The molecule has 0 saturated carbocycles. The molecule has 0 unspecified atom stereocenters. The van der Waals surface area contributed by atoms with Crippen LogP contribution in [0.4, 0.5) is 13.2 Å². The van der Waals surface area contributed by atoms with Gasteiger partial charge in [-0.15, -0.1) is 0 Å². The maximum absolute atomic E-state index is 12.5. The zero-order valence-electron chi connectivity index (χ0n) is 8.98. The highest BCUT2D eigenvalue weighted by molar-refractivity contribution is 5.57. The second kappa shape index (κ2) is 3.63. The van der Waals surface area contributed by atoms with Crippen molar-refractivity contribution < 1.29 is 17.6 Å². The van der Waals surface area contributed by atoms with Crippen molar-refractivity contribution in [3.05, 3.63) is 48.5 Å². The molecule has 0 aliphatic heterocycles. The fourth-order valence-electron chi connectivity index (χ4n) is 1.70. The van der Waals surface area contributed by atoms with E-state index < -0.39 is 11.7 Å². The molecule has 0 bridgehead atoms. The monoisotopic (exact) mass is 252 g/mol. The summed E-state index contributed by atoms with van der Waals surface area (Å²) in [6, 6.07) is 5.73. The lowest BCUT2D eigenvalue weighted by atomic mass is 10.3. The lowest BCUT2D eigenvalue weighted by Crippen LogP contribution is -2.05. The van der Waals surface area contributed by atoms with Crippen molar-refractivity contribution in [1.29, 1.82) is 0 Å².